The van der Waals surface area contributed by atoms with Crippen LogP contribution in [0.3, 0.4) is 0 Å². The molecule has 1 rings (SSSR count). The molecule has 0 saturated carbocycles. The van der Waals surface area contributed by atoms with Gasteiger partial charge in [0.2, 0.25) is 5.91 Å². The van der Waals surface area contributed by atoms with Crippen molar-refractivity contribution in [2.24, 2.45) is 16.8 Å². The highest BCUT2D eigenvalue weighted by Gasteiger charge is 2.07. The minimum Gasteiger partial charge on any atom is -0.386 e. The summed E-state index contributed by atoms with van der Waals surface area (Å²) in [7, 11) is 0. The van der Waals surface area contributed by atoms with E-state index in [9.17, 15) is 14.0 Å². The summed E-state index contributed by atoms with van der Waals surface area (Å²) in [5.74, 6) is -1.05. The third-order valence-corrected chi connectivity index (χ3v) is 3.21. The zero-order chi connectivity index (χ0) is 17.1. The van der Waals surface area contributed by atoms with Crippen molar-refractivity contribution in [3.05, 3.63) is 35.6 Å². The van der Waals surface area contributed by atoms with Crippen molar-refractivity contribution in [2.75, 3.05) is 13.2 Å². The van der Waals surface area contributed by atoms with E-state index in [0.29, 0.717) is 18.5 Å². The van der Waals surface area contributed by atoms with Crippen molar-refractivity contribution >= 4 is 18.0 Å². The van der Waals surface area contributed by atoms with E-state index < -0.39 is 0 Å². The number of halogens is 1. The van der Waals surface area contributed by atoms with Crippen LogP contribution in [0.15, 0.2) is 29.4 Å². The van der Waals surface area contributed by atoms with Gasteiger partial charge in [0.15, 0.2) is 6.61 Å². The van der Waals surface area contributed by atoms with Crippen LogP contribution >= 0.6 is 0 Å². The highest BCUT2D eigenvalue weighted by molar-refractivity contribution is 5.79. The minimum atomic E-state index is -0.326. The minimum absolute atomic E-state index is 0.144. The van der Waals surface area contributed by atoms with Gasteiger partial charge in [-0.3, -0.25) is 9.59 Å². The van der Waals surface area contributed by atoms with Crippen molar-refractivity contribution in [3.8, 4) is 0 Å². The third-order valence-electron chi connectivity index (χ3n) is 3.21. The Morgan fingerprint density at radius 3 is 2.70 bits per heavy atom. The first kappa shape index (κ1) is 18.6. The van der Waals surface area contributed by atoms with Crippen molar-refractivity contribution in [1.29, 1.82) is 0 Å². The number of oxime groups is 1. The first-order valence-electron chi connectivity index (χ1n) is 7.46. The van der Waals surface area contributed by atoms with Gasteiger partial charge in [-0.25, -0.2) is 4.39 Å². The molecule has 1 atom stereocenters. The SMILES string of the molecule is CC(CCCCNC(=O)CO/N=C/c1ccc([18F])cc1)C(N)=O. The first-order valence-corrected chi connectivity index (χ1v) is 7.46. The number of carbonyl (C=O) groups excluding carboxylic acids is 2. The molecule has 6 nitrogen and oxygen atoms in total. The van der Waals surface area contributed by atoms with Gasteiger partial charge in [0.05, 0.1) is 6.21 Å². The van der Waals surface area contributed by atoms with E-state index in [1.807, 2.05) is 0 Å². The van der Waals surface area contributed by atoms with E-state index in [2.05, 4.69) is 10.5 Å². The summed E-state index contributed by atoms with van der Waals surface area (Å²) in [5, 5.41) is 6.33. The number of unbranched alkanes of at least 4 members (excludes halogenated alkanes) is 1. The summed E-state index contributed by atoms with van der Waals surface area (Å²) >= 11 is 0. The van der Waals surface area contributed by atoms with Crippen LogP contribution in [0.25, 0.3) is 0 Å². The molecule has 0 bridgehead atoms. The van der Waals surface area contributed by atoms with E-state index >= 15 is 0 Å². The smallest absolute Gasteiger partial charge is 0.260 e. The van der Waals surface area contributed by atoms with Gasteiger partial charge in [0.1, 0.15) is 5.82 Å². The normalized spacial score (nSPS) is 12.1. The van der Waals surface area contributed by atoms with Crippen molar-refractivity contribution < 1.29 is 18.8 Å². The van der Waals surface area contributed by atoms with Crippen LogP contribution in [0.2, 0.25) is 0 Å². The predicted molar refractivity (Wildman–Crippen MR) is 85.2 cm³/mol. The first-order chi connectivity index (χ1) is 11.0. The largest absolute Gasteiger partial charge is 0.386 e. The maximum absolute atomic E-state index is 12.7. The van der Waals surface area contributed by atoms with Crippen LogP contribution in [-0.4, -0.2) is 31.2 Å². The van der Waals surface area contributed by atoms with Crippen LogP contribution in [0, 0.1) is 11.7 Å². The summed E-state index contributed by atoms with van der Waals surface area (Å²) in [6, 6.07) is 5.73. The Morgan fingerprint density at radius 2 is 2.04 bits per heavy atom. The topological polar surface area (TPSA) is 93.8 Å². The van der Waals surface area contributed by atoms with E-state index in [1.165, 1.54) is 18.3 Å². The number of hydrogen-bond donors (Lipinski definition) is 2. The molecule has 0 saturated heterocycles. The Morgan fingerprint density at radius 1 is 1.35 bits per heavy atom. The average molecular weight is 322 g/mol. The summed E-state index contributed by atoms with van der Waals surface area (Å²) in [6.45, 7) is 2.11. The molecule has 2 amide bonds. The highest BCUT2D eigenvalue weighted by Crippen LogP contribution is 2.06. The number of benzene rings is 1. The summed E-state index contributed by atoms with van der Waals surface area (Å²) in [6.07, 6.45) is 3.69. The molecule has 0 fully saturated rings. The molecule has 126 valence electrons. The third kappa shape index (κ3) is 8.55. The van der Waals surface area contributed by atoms with E-state index in [-0.39, 0.29) is 30.2 Å². The zero-order valence-corrected chi connectivity index (χ0v) is 13.1. The molecule has 7 heteroatoms. The van der Waals surface area contributed by atoms with Gasteiger partial charge in [-0.05, 0) is 30.5 Å². The van der Waals surface area contributed by atoms with Crippen LogP contribution in [0.4, 0.5) is 4.39 Å². The fourth-order valence-corrected chi connectivity index (χ4v) is 1.74. The van der Waals surface area contributed by atoms with Crippen LogP contribution in [-0.2, 0) is 14.4 Å². The molecule has 0 aliphatic heterocycles. The van der Waals surface area contributed by atoms with Crippen molar-refractivity contribution in [2.45, 2.75) is 26.2 Å². The quantitative estimate of drug-likeness (QED) is 0.389. The summed E-state index contributed by atoms with van der Waals surface area (Å²) in [5.41, 5.74) is 5.84. The Balaban J connectivity index is 2.08. The van der Waals surface area contributed by atoms with Crippen LogP contribution in [0.1, 0.15) is 31.7 Å². The average Bonchev–Trinajstić information content (AvgIpc) is 2.52. The predicted octanol–water partition coefficient (Wildman–Crippen LogP) is 1.58. The van der Waals surface area contributed by atoms with Gasteiger partial charge in [-0.2, -0.15) is 0 Å². The Bertz CT molecular complexity index is 532. The van der Waals surface area contributed by atoms with Gasteiger partial charge in [0, 0.05) is 12.5 Å². The molecule has 3 N–H and O–H groups in total. The number of amides is 2. The second-order valence-corrected chi connectivity index (χ2v) is 5.21. The van der Waals surface area contributed by atoms with E-state index in [1.54, 1.807) is 19.1 Å². The molecule has 1 aromatic rings. The van der Waals surface area contributed by atoms with Gasteiger partial charge < -0.3 is 15.9 Å². The lowest BCUT2D eigenvalue weighted by Crippen LogP contribution is -2.28. The fraction of sp³-hybridized carbons (Fsp3) is 0.438. The highest BCUT2D eigenvalue weighted by atomic mass is 18.2. The van der Waals surface area contributed by atoms with Crippen LogP contribution < -0.4 is 11.1 Å². The molecule has 0 spiro atoms. The maximum atomic E-state index is 12.7. The molecule has 23 heavy (non-hydrogen) atoms. The Labute approximate surface area is 134 Å². The van der Waals surface area contributed by atoms with Gasteiger partial charge in [-0.15, -0.1) is 0 Å². The maximum Gasteiger partial charge on any atom is 0.260 e. The van der Waals surface area contributed by atoms with Gasteiger partial charge in [0.25, 0.3) is 5.91 Å². The van der Waals surface area contributed by atoms with Crippen molar-refractivity contribution in [3.63, 3.8) is 0 Å². The molecular formula is C16H22FN3O3. The monoisotopic (exact) mass is 322 g/mol. The number of primary amides is 1. The molecule has 0 heterocycles. The number of nitrogens with zero attached hydrogens (tertiary/aromatic N) is 1. The number of nitrogens with two attached hydrogens (primary N) is 1. The molecule has 1 unspecified atom stereocenters. The zero-order valence-electron chi connectivity index (χ0n) is 13.1. The van der Waals surface area contributed by atoms with Gasteiger partial charge in [-0.1, -0.05) is 30.6 Å². The number of rotatable bonds is 10. The fourth-order valence-electron chi connectivity index (χ4n) is 1.74. The number of hydrogen-bond acceptors (Lipinski definition) is 4. The molecule has 0 radical (unpaired) electrons. The van der Waals surface area contributed by atoms with E-state index in [4.69, 9.17) is 10.6 Å². The Hall–Kier alpha value is -2.44. The lowest BCUT2D eigenvalue weighted by molar-refractivity contribution is -0.125. The lowest BCUT2D eigenvalue weighted by atomic mass is 10.0. The second-order valence-electron chi connectivity index (χ2n) is 5.21. The number of carbonyl (C=O) groups is 2. The summed E-state index contributed by atoms with van der Waals surface area (Å²) in [4.78, 5) is 27.2. The van der Waals surface area contributed by atoms with Crippen molar-refractivity contribution in [1.82, 2.24) is 5.32 Å². The number of nitrogens with one attached hydrogen (secondary N) is 1. The Kier molecular flexibility index (Phi) is 8.34. The standard InChI is InChI=1S/C16H22FN3O3/c1-12(16(18)22)4-2-3-9-19-15(21)11-23-20-10-13-5-7-14(17)8-6-13/h5-8,10,12H,2-4,9,11H2,1H3,(H2,18,22)(H,19,21)/b20-10+/i17-1. The summed E-state index contributed by atoms with van der Waals surface area (Å²) < 4.78 is 12.7. The molecule has 0 aromatic heterocycles. The van der Waals surface area contributed by atoms with Crippen LogP contribution in [0.5, 0.6) is 0 Å². The molecule has 1 aromatic carbocycles. The van der Waals surface area contributed by atoms with Gasteiger partial charge >= 0.3 is 0 Å². The molecule has 0 aliphatic rings. The molecular weight excluding hydrogens is 300 g/mol. The molecule has 0 aliphatic carbocycles. The lowest BCUT2D eigenvalue weighted by Gasteiger charge is -2.07. The van der Waals surface area contributed by atoms with E-state index in [0.717, 1.165) is 12.8 Å². The second kappa shape index (κ2) is 10.3.